The molecular weight excluding hydrogens is 582 g/mol. The van der Waals surface area contributed by atoms with E-state index in [9.17, 15) is 29.3 Å². The van der Waals surface area contributed by atoms with Gasteiger partial charge in [-0.3, -0.25) is 29.4 Å². The van der Waals surface area contributed by atoms with E-state index >= 15 is 0 Å². The van der Waals surface area contributed by atoms with E-state index < -0.39 is 22.7 Å². The molecule has 7 atom stereocenters. The number of H-pyrrole nitrogens is 1. The SMILES string of the molecule is CCOC(=O)COc1ccccc1[C@H]1c2sc(=O)[nH]c2SC2C3CC(C4C(=O)N(c5ccc([N+](=O)[O-])cc5)C(=O)C34)C21. The Morgan fingerprint density at radius 1 is 1.07 bits per heavy atom. The molecule has 2 aliphatic heterocycles. The molecule has 2 aromatic carbocycles. The summed E-state index contributed by atoms with van der Waals surface area (Å²) in [4.78, 5) is 67.8. The third kappa shape index (κ3) is 4.01. The van der Waals surface area contributed by atoms with Crippen LogP contribution in [0.3, 0.4) is 0 Å². The number of nitrogens with zero attached hydrogens (tertiary/aromatic N) is 2. The Bertz CT molecular complexity index is 1680. The van der Waals surface area contributed by atoms with Crippen molar-refractivity contribution in [3.05, 3.63) is 78.8 Å². The van der Waals surface area contributed by atoms with Crippen molar-refractivity contribution in [2.75, 3.05) is 18.1 Å². The molecule has 1 saturated heterocycles. The van der Waals surface area contributed by atoms with E-state index in [0.717, 1.165) is 26.8 Å². The summed E-state index contributed by atoms with van der Waals surface area (Å²) in [5.74, 6) is -2.08. The summed E-state index contributed by atoms with van der Waals surface area (Å²) in [5, 5.41) is 11.9. The highest BCUT2D eigenvalue weighted by Crippen LogP contribution is 2.69. The van der Waals surface area contributed by atoms with E-state index in [1.165, 1.54) is 29.2 Å². The van der Waals surface area contributed by atoms with Gasteiger partial charge in [0.1, 0.15) is 5.75 Å². The first-order valence-electron chi connectivity index (χ1n) is 13.7. The largest absolute Gasteiger partial charge is 0.482 e. The highest BCUT2D eigenvalue weighted by atomic mass is 32.2. The van der Waals surface area contributed by atoms with Crippen molar-refractivity contribution in [1.29, 1.82) is 0 Å². The summed E-state index contributed by atoms with van der Waals surface area (Å²) in [6.07, 6.45) is 0.713. The van der Waals surface area contributed by atoms with Crippen LogP contribution in [0.25, 0.3) is 0 Å². The number of non-ortho nitro benzene ring substituents is 1. The second kappa shape index (κ2) is 10.1. The normalized spacial score (nSPS) is 28.8. The fraction of sp³-hybridized carbons (Fsp3) is 0.379. The lowest BCUT2D eigenvalue weighted by atomic mass is 9.68. The summed E-state index contributed by atoms with van der Waals surface area (Å²) in [5.41, 5.74) is 1.03. The number of nitro benzene ring substituents is 1. The van der Waals surface area contributed by atoms with Gasteiger partial charge in [0.2, 0.25) is 11.8 Å². The number of nitrogens with one attached hydrogen (secondary N) is 1. The van der Waals surface area contributed by atoms with Crippen molar-refractivity contribution in [3.63, 3.8) is 0 Å². The maximum Gasteiger partial charge on any atom is 0.344 e. The number of hydrogen-bond donors (Lipinski definition) is 1. The second-order valence-corrected chi connectivity index (χ2v) is 13.1. The van der Waals surface area contributed by atoms with Crippen LogP contribution in [0.4, 0.5) is 11.4 Å². The van der Waals surface area contributed by atoms with Crippen LogP contribution in [0, 0.1) is 39.7 Å². The Kier molecular flexibility index (Phi) is 6.46. The number of amides is 2. The summed E-state index contributed by atoms with van der Waals surface area (Å²) >= 11 is 2.72. The van der Waals surface area contributed by atoms with E-state index in [4.69, 9.17) is 9.47 Å². The Hall–Kier alpha value is -3.97. The Balaban J connectivity index is 1.26. The molecule has 4 aliphatic rings. The van der Waals surface area contributed by atoms with Crippen molar-refractivity contribution in [3.8, 4) is 5.75 Å². The number of para-hydroxylation sites is 1. The van der Waals surface area contributed by atoms with Crippen LogP contribution in [-0.4, -0.2) is 46.2 Å². The molecule has 1 N–H and O–H groups in total. The number of benzene rings is 2. The number of aromatic nitrogens is 1. The highest BCUT2D eigenvalue weighted by molar-refractivity contribution is 8.00. The molecule has 1 aromatic heterocycles. The van der Waals surface area contributed by atoms with Gasteiger partial charge in [0.05, 0.1) is 34.1 Å². The molecule has 3 fully saturated rings. The third-order valence-corrected chi connectivity index (χ3v) is 11.5. The van der Waals surface area contributed by atoms with Gasteiger partial charge in [-0.15, -0.1) is 11.8 Å². The van der Waals surface area contributed by atoms with Crippen molar-refractivity contribution in [2.24, 2.45) is 29.6 Å². The zero-order valence-corrected chi connectivity index (χ0v) is 23.9. The molecule has 13 heteroatoms. The van der Waals surface area contributed by atoms with Crippen LogP contribution in [0.1, 0.15) is 29.7 Å². The number of thiazole rings is 1. The number of ether oxygens (including phenoxy) is 2. The number of anilines is 1. The maximum absolute atomic E-state index is 13.9. The Labute approximate surface area is 247 Å². The standard InChI is InChI=1S/C29H25N3O8S2/c1-2-39-19(33)12-40-18-6-4-3-5-15(18)20-21-16-11-17(24(21)41-26-25(20)42-29(36)30-26)23-22(16)27(34)31(28(23)35)13-7-9-14(10-8-13)32(37)38/h3-10,16-17,20-24H,2,11-12H2,1H3,(H,30,36)/t16?,17?,20-,21?,22?,23?,24?/m1/s1. The van der Waals surface area contributed by atoms with Crippen LogP contribution in [0.15, 0.2) is 58.4 Å². The van der Waals surface area contributed by atoms with Crippen molar-refractivity contribution in [1.82, 2.24) is 4.98 Å². The zero-order chi connectivity index (χ0) is 29.3. The van der Waals surface area contributed by atoms with Crippen LogP contribution in [-0.2, 0) is 19.1 Å². The first-order chi connectivity index (χ1) is 20.3. The molecule has 2 aliphatic carbocycles. The minimum atomic E-state index is -0.522. The average Bonchev–Trinajstić information content (AvgIpc) is 3.71. The smallest absolute Gasteiger partial charge is 0.344 e. The van der Waals surface area contributed by atoms with Gasteiger partial charge in [-0.05, 0) is 49.3 Å². The molecule has 2 saturated carbocycles. The quantitative estimate of drug-likeness (QED) is 0.182. The number of fused-ring (bicyclic) bond motifs is 9. The minimum absolute atomic E-state index is 0.0225. The zero-order valence-electron chi connectivity index (χ0n) is 22.3. The van der Waals surface area contributed by atoms with E-state index in [0.29, 0.717) is 17.9 Å². The van der Waals surface area contributed by atoms with Gasteiger partial charge >= 0.3 is 10.8 Å². The predicted molar refractivity (Wildman–Crippen MR) is 153 cm³/mol. The Morgan fingerprint density at radius 2 is 1.79 bits per heavy atom. The van der Waals surface area contributed by atoms with E-state index in [2.05, 4.69) is 4.98 Å². The summed E-state index contributed by atoms with van der Waals surface area (Å²) < 4.78 is 11.0. The molecule has 0 radical (unpaired) electrons. The number of rotatable bonds is 7. The lowest BCUT2D eigenvalue weighted by molar-refractivity contribution is -0.384. The van der Waals surface area contributed by atoms with Crippen LogP contribution in [0.5, 0.6) is 5.75 Å². The molecule has 2 amide bonds. The van der Waals surface area contributed by atoms with Gasteiger partial charge in [0.25, 0.3) is 5.69 Å². The van der Waals surface area contributed by atoms with Crippen LogP contribution < -0.4 is 14.5 Å². The second-order valence-electron chi connectivity index (χ2n) is 10.9. The van der Waals surface area contributed by atoms with Crippen LogP contribution in [0.2, 0.25) is 0 Å². The van der Waals surface area contributed by atoms with E-state index in [-0.39, 0.29) is 64.5 Å². The molecule has 216 valence electrons. The molecule has 7 rings (SSSR count). The number of carbonyl (C=O) groups is 3. The summed E-state index contributed by atoms with van der Waals surface area (Å²) in [6.45, 7) is 1.70. The highest BCUT2D eigenvalue weighted by Gasteiger charge is 2.69. The topological polar surface area (TPSA) is 149 Å². The molecule has 6 unspecified atom stereocenters. The number of carbonyl (C=O) groups excluding carboxylic acids is 3. The first-order valence-corrected chi connectivity index (χ1v) is 15.4. The number of aromatic amines is 1. The first kappa shape index (κ1) is 26.9. The summed E-state index contributed by atoms with van der Waals surface area (Å²) in [6, 6.07) is 12.9. The van der Waals surface area contributed by atoms with Gasteiger partial charge in [0, 0.05) is 33.7 Å². The number of hydrogen-bond acceptors (Lipinski definition) is 10. The maximum atomic E-state index is 13.9. The monoisotopic (exact) mass is 607 g/mol. The van der Waals surface area contributed by atoms with Gasteiger partial charge in [-0.1, -0.05) is 29.5 Å². The molecule has 3 heterocycles. The van der Waals surface area contributed by atoms with Crippen LogP contribution >= 0.6 is 23.1 Å². The van der Waals surface area contributed by atoms with Gasteiger partial charge in [-0.25, -0.2) is 4.79 Å². The lowest BCUT2D eigenvalue weighted by Crippen LogP contribution is -2.42. The Morgan fingerprint density at radius 3 is 2.50 bits per heavy atom. The van der Waals surface area contributed by atoms with E-state index in [1.54, 1.807) is 24.8 Å². The van der Waals surface area contributed by atoms with Crippen molar-refractivity contribution >= 4 is 52.3 Å². The fourth-order valence-electron chi connectivity index (χ4n) is 7.55. The van der Waals surface area contributed by atoms with Crippen molar-refractivity contribution < 1.29 is 28.8 Å². The molecular formula is C29H25N3O8S2. The number of thioether (sulfide) groups is 1. The number of nitro groups is 1. The van der Waals surface area contributed by atoms with Gasteiger partial charge in [-0.2, -0.15) is 0 Å². The average molecular weight is 608 g/mol. The molecule has 0 spiro atoms. The third-order valence-electron chi connectivity index (χ3n) is 8.95. The van der Waals surface area contributed by atoms with Gasteiger partial charge < -0.3 is 14.5 Å². The fourth-order valence-corrected chi connectivity index (χ4v) is 10.4. The molecule has 3 aromatic rings. The minimum Gasteiger partial charge on any atom is -0.482 e. The van der Waals surface area contributed by atoms with Gasteiger partial charge in [0.15, 0.2) is 6.61 Å². The number of esters is 1. The van der Waals surface area contributed by atoms with E-state index in [1.807, 2.05) is 18.2 Å². The summed E-state index contributed by atoms with van der Waals surface area (Å²) in [7, 11) is 0. The number of imide groups is 1. The predicted octanol–water partition coefficient (Wildman–Crippen LogP) is 3.96. The molecule has 11 nitrogen and oxygen atoms in total. The molecule has 2 bridgehead atoms. The van der Waals surface area contributed by atoms with Crippen molar-refractivity contribution in [2.45, 2.75) is 29.5 Å². The molecule has 42 heavy (non-hydrogen) atoms. The lowest BCUT2D eigenvalue weighted by Gasteiger charge is -2.43.